The van der Waals surface area contributed by atoms with Crippen molar-refractivity contribution >= 4 is 28.1 Å². The van der Waals surface area contributed by atoms with Gasteiger partial charge in [0.25, 0.3) is 0 Å². The van der Waals surface area contributed by atoms with Crippen LogP contribution in [0.15, 0.2) is 53.9 Å². The van der Waals surface area contributed by atoms with Gasteiger partial charge in [-0.2, -0.15) is 0 Å². The lowest BCUT2D eigenvalue weighted by molar-refractivity contribution is -0.115. The van der Waals surface area contributed by atoms with Crippen LogP contribution in [0.25, 0.3) is 11.3 Å². The Bertz CT molecular complexity index is 920. The van der Waals surface area contributed by atoms with Gasteiger partial charge < -0.3 is 10.2 Å². The van der Waals surface area contributed by atoms with Crippen LogP contribution < -0.4 is 10.2 Å². The van der Waals surface area contributed by atoms with Crippen LogP contribution in [0, 0.1) is 6.92 Å². The van der Waals surface area contributed by atoms with Crippen molar-refractivity contribution in [1.82, 2.24) is 4.98 Å². The van der Waals surface area contributed by atoms with Gasteiger partial charge in [-0.1, -0.05) is 48.0 Å². The van der Waals surface area contributed by atoms with E-state index in [9.17, 15) is 4.79 Å². The molecule has 1 aliphatic rings. The van der Waals surface area contributed by atoms with E-state index in [0.717, 1.165) is 30.6 Å². The van der Waals surface area contributed by atoms with Crippen LogP contribution in [0.1, 0.15) is 17.5 Å². The number of hydrogen-bond donors (Lipinski definition) is 1. The van der Waals surface area contributed by atoms with Crippen LogP contribution in [0.4, 0.5) is 10.8 Å². The molecule has 1 N–H and O–H groups in total. The zero-order valence-electron chi connectivity index (χ0n) is 14.7. The van der Waals surface area contributed by atoms with Gasteiger partial charge in [-0.25, -0.2) is 4.98 Å². The van der Waals surface area contributed by atoms with Gasteiger partial charge in [-0.3, -0.25) is 4.79 Å². The number of rotatable bonds is 4. The largest absolute Gasteiger partial charge is 0.362 e. The van der Waals surface area contributed by atoms with E-state index in [-0.39, 0.29) is 5.91 Å². The van der Waals surface area contributed by atoms with Gasteiger partial charge in [0.2, 0.25) is 5.91 Å². The van der Waals surface area contributed by atoms with E-state index in [4.69, 9.17) is 0 Å². The standard InChI is InChI=1S/C21H21N3OS/c1-15-9-10-19-17(12-15)8-5-11-24(19)13-20(25)23-21-22-18(14-26-21)16-6-3-2-4-7-16/h2-4,6-7,9-10,12,14H,5,8,11,13H2,1H3,(H,22,23,25). The summed E-state index contributed by atoms with van der Waals surface area (Å²) in [6.45, 7) is 3.38. The van der Waals surface area contributed by atoms with Crippen LogP contribution in [-0.2, 0) is 11.2 Å². The quantitative estimate of drug-likeness (QED) is 0.742. The zero-order chi connectivity index (χ0) is 17.9. The van der Waals surface area contributed by atoms with Crippen LogP contribution in [0.2, 0.25) is 0 Å². The number of carbonyl (C=O) groups excluding carboxylic acids is 1. The first-order valence-electron chi connectivity index (χ1n) is 8.84. The Morgan fingerprint density at radius 2 is 2.08 bits per heavy atom. The maximum Gasteiger partial charge on any atom is 0.245 e. The molecule has 0 saturated heterocycles. The third kappa shape index (κ3) is 3.63. The second-order valence-corrected chi connectivity index (χ2v) is 7.47. The number of benzene rings is 2. The van der Waals surface area contributed by atoms with Gasteiger partial charge in [0.1, 0.15) is 0 Å². The summed E-state index contributed by atoms with van der Waals surface area (Å²) < 4.78 is 0. The number of carbonyl (C=O) groups is 1. The molecule has 0 atom stereocenters. The summed E-state index contributed by atoms with van der Waals surface area (Å²) in [6.07, 6.45) is 2.17. The SMILES string of the molecule is Cc1ccc2c(c1)CCCN2CC(=O)Nc1nc(-c2ccccc2)cs1. The summed E-state index contributed by atoms with van der Waals surface area (Å²) in [6, 6.07) is 16.5. The average Bonchev–Trinajstić information content (AvgIpc) is 3.11. The minimum absolute atomic E-state index is 0.0209. The molecule has 0 unspecified atom stereocenters. The summed E-state index contributed by atoms with van der Waals surface area (Å²) in [5.74, 6) is -0.0209. The predicted molar refractivity (Wildman–Crippen MR) is 108 cm³/mol. The fourth-order valence-electron chi connectivity index (χ4n) is 3.37. The van der Waals surface area contributed by atoms with E-state index in [2.05, 4.69) is 40.3 Å². The molecule has 1 amide bonds. The van der Waals surface area contributed by atoms with Crippen molar-refractivity contribution in [1.29, 1.82) is 0 Å². The monoisotopic (exact) mass is 363 g/mol. The maximum atomic E-state index is 12.5. The van der Waals surface area contributed by atoms with Crippen LogP contribution in [0.3, 0.4) is 0 Å². The Kier molecular flexibility index (Phi) is 4.71. The molecule has 1 aliphatic heterocycles. The van der Waals surface area contributed by atoms with Gasteiger partial charge in [-0.05, 0) is 31.4 Å². The molecule has 2 aromatic carbocycles. The first-order chi connectivity index (χ1) is 12.7. The molecule has 3 aromatic rings. The summed E-state index contributed by atoms with van der Waals surface area (Å²) in [7, 11) is 0. The van der Waals surface area contributed by atoms with Gasteiger partial charge in [0, 0.05) is 23.2 Å². The highest BCUT2D eigenvalue weighted by Gasteiger charge is 2.19. The third-order valence-corrected chi connectivity index (χ3v) is 5.36. The summed E-state index contributed by atoms with van der Waals surface area (Å²) in [5.41, 5.74) is 5.74. The number of hydrogen-bond acceptors (Lipinski definition) is 4. The molecule has 0 bridgehead atoms. The Labute approximate surface area is 157 Å². The smallest absolute Gasteiger partial charge is 0.245 e. The van der Waals surface area contributed by atoms with E-state index in [1.807, 2.05) is 35.7 Å². The molecular formula is C21H21N3OS. The van der Waals surface area contributed by atoms with Gasteiger partial charge >= 0.3 is 0 Å². The third-order valence-electron chi connectivity index (χ3n) is 4.60. The predicted octanol–water partition coefficient (Wildman–Crippen LogP) is 4.51. The molecule has 0 aliphatic carbocycles. The van der Waals surface area contributed by atoms with Crippen molar-refractivity contribution in [2.24, 2.45) is 0 Å². The second kappa shape index (κ2) is 7.30. The average molecular weight is 363 g/mol. The van der Waals surface area contributed by atoms with E-state index in [0.29, 0.717) is 11.7 Å². The van der Waals surface area contributed by atoms with Gasteiger partial charge in [0.15, 0.2) is 5.13 Å². The minimum Gasteiger partial charge on any atom is -0.362 e. The summed E-state index contributed by atoms with van der Waals surface area (Å²) >= 11 is 1.46. The molecule has 0 spiro atoms. The molecule has 0 fully saturated rings. The van der Waals surface area contributed by atoms with Crippen molar-refractivity contribution in [2.75, 3.05) is 23.3 Å². The molecule has 1 aromatic heterocycles. The van der Waals surface area contributed by atoms with Crippen LogP contribution >= 0.6 is 11.3 Å². The number of thiazole rings is 1. The fraction of sp³-hybridized carbons (Fsp3) is 0.238. The molecule has 0 radical (unpaired) electrons. The molecule has 4 nitrogen and oxygen atoms in total. The number of aryl methyl sites for hydroxylation is 2. The van der Waals surface area contributed by atoms with Crippen molar-refractivity contribution in [3.8, 4) is 11.3 Å². The minimum atomic E-state index is -0.0209. The fourth-order valence-corrected chi connectivity index (χ4v) is 4.11. The van der Waals surface area contributed by atoms with Crippen molar-refractivity contribution in [3.05, 3.63) is 65.0 Å². The highest BCUT2D eigenvalue weighted by atomic mass is 32.1. The number of nitrogens with one attached hydrogen (secondary N) is 1. The van der Waals surface area contributed by atoms with Gasteiger partial charge in [0.05, 0.1) is 12.2 Å². The lowest BCUT2D eigenvalue weighted by atomic mass is 9.99. The summed E-state index contributed by atoms with van der Waals surface area (Å²) in [4.78, 5) is 19.2. The molecule has 132 valence electrons. The number of nitrogens with zero attached hydrogens (tertiary/aromatic N) is 2. The Balaban J connectivity index is 1.43. The molecular weight excluding hydrogens is 342 g/mol. The van der Waals surface area contributed by atoms with E-state index < -0.39 is 0 Å². The zero-order valence-corrected chi connectivity index (χ0v) is 15.6. The molecule has 5 heteroatoms. The normalized spacial score (nSPS) is 13.3. The molecule has 26 heavy (non-hydrogen) atoms. The van der Waals surface area contributed by atoms with E-state index >= 15 is 0 Å². The lowest BCUT2D eigenvalue weighted by Crippen LogP contribution is -2.36. The van der Waals surface area contributed by atoms with Crippen molar-refractivity contribution < 1.29 is 4.79 Å². The highest BCUT2D eigenvalue weighted by molar-refractivity contribution is 7.14. The van der Waals surface area contributed by atoms with Gasteiger partial charge in [-0.15, -0.1) is 11.3 Å². The molecule has 4 rings (SSSR count). The number of anilines is 2. The summed E-state index contributed by atoms with van der Waals surface area (Å²) in [5, 5.41) is 5.57. The Hall–Kier alpha value is -2.66. The van der Waals surface area contributed by atoms with Crippen molar-refractivity contribution in [2.45, 2.75) is 19.8 Å². The highest BCUT2D eigenvalue weighted by Crippen LogP contribution is 2.28. The number of aromatic nitrogens is 1. The number of amides is 1. The second-order valence-electron chi connectivity index (χ2n) is 6.61. The van der Waals surface area contributed by atoms with Crippen LogP contribution in [-0.4, -0.2) is 24.0 Å². The topological polar surface area (TPSA) is 45.2 Å². The van der Waals surface area contributed by atoms with E-state index in [1.54, 1.807) is 0 Å². The lowest BCUT2D eigenvalue weighted by Gasteiger charge is -2.30. The Morgan fingerprint density at radius 1 is 1.23 bits per heavy atom. The van der Waals surface area contributed by atoms with E-state index in [1.165, 1.54) is 28.2 Å². The maximum absolute atomic E-state index is 12.5. The first kappa shape index (κ1) is 16.8. The molecule has 0 saturated carbocycles. The molecule has 2 heterocycles. The van der Waals surface area contributed by atoms with Crippen LogP contribution in [0.5, 0.6) is 0 Å². The van der Waals surface area contributed by atoms with Crippen molar-refractivity contribution in [3.63, 3.8) is 0 Å². The number of fused-ring (bicyclic) bond motifs is 1. The first-order valence-corrected chi connectivity index (χ1v) is 9.72. The Morgan fingerprint density at radius 3 is 2.92 bits per heavy atom.